The van der Waals surface area contributed by atoms with Gasteiger partial charge in [0, 0.05) is 32.7 Å². The molecule has 0 radical (unpaired) electrons. The van der Waals surface area contributed by atoms with Crippen molar-refractivity contribution in [1.82, 2.24) is 10.3 Å². The number of hydrogen-bond acceptors (Lipinski definition) is 7. The third kappa shape index (κ3) is 8.46. The number of carbonyl (C=O) groups is 3. The highest BCUT2D eigenvalue weighted by atomic mass is 32.2. The third-order valence-electron chi connectivity index (χ3n) is 6.65. The zero-order valence-corrected chi connectivity index (χ0v) is 26.5. The first kappa shape index (κ1) is 32.1. The van der Waals surface area contributed by atoms with Crippen LogP contribution in [-0.2, 0) is 9.59 Å². The Labute approximate surface area is 273 Å². The summed E-state index contributed by atoms with van der Waals surface area (Å²) >= 11 is 2.69. The Morgan fingerprint density at radius 2 is 1.59 bits per heavy atom. The van der Waals surface area contributed by atoms with Crippen molar-refractivity contribution in [3.05, 3.63) is 131 Å². The lowest BCUT2D eigenvalue weighted by Gasteiger charge is -2.13. The zero-order valence-electron chi connectivity index (χ0n) is 24.8. The molecule has 0 saturated heterocycles. The van der Waals surface area contributed by atoms with Crippen LogP contribution in [0.25, 0.3) is 17.3 Å². The van der Waals surface area contributed by atoms with Crippen LogP contribution in [0.2, 0.25) is 0 Å². The SMILES string of the molecule is COc1ccc(-c2csc(NC(=O)C(C)Sc3ccc(NC(=O)/C(=C/c4ccccc4F)NC(=O)c4ccccc4)cc3)n2)cc1. The van der Waals surface area contributed by atoms with Crippen molar-refractivity contribution in [2.45, 2.75) is 17.1 Å². The predicted octanol–water partition coefficient (Wildman–Crippen LogP) is 7.49. The fraction of sp³-hybridized carbons (Fsp3) is 0.0857. The van der Waals surface area contributed by atoms with Crippen molar-refractivity contribution < 1.29 is 23.5 Å². The zero-order chi connectivity index (χ0) is 32.5. The van der Waals surface area contributed by atoms with Crippen molar-refractivity contribution in [2.75, 3.05) is 17.7 Å². The van der Waals surface area contributed by atoms with Crippen LogP contribution >= 0.6 is 23.1 Å². The molecule has 5 aromatic rings. The number of nitrogens with one attached hydrogen (secondary N) is 3. The molecule has 46 heavy (non-hydrogen) atoms. The summed E-state index contributed by atoms with van der Waals surface area (Å²) in [5, 5.41) is 10.2. The normalized spacial score (nSPS) is 11.8. The highest BCUT2D eigenvalue weighted by molar-refractivity contribution is 8.00. The van der Waals surface area contributed by atoms with Gasteiger partial charge in [-0.05, 0) is 79.7 Å². The average Bonchev–Trinajstić information content (AvgIpc) is 3.55. The molecule has 4 aromatic carbocycles. The first-order valence-electron chi connectivity index (χ1n) is 14.1. The molecule has 5 rings (SSSR count). The Morgan fingerprint density at radius 3 is 2.28 bits per heavy atom. The molecule has 0 spiro atoms. The van der Waals surface area contributed by atoms with Crippen LogP contribution in [0.3, 0.4) is 0 Å². The second-order valence-electron chi connectivity index (χ2n) is 9.89. The number of carbonyl (C=O) groups excluding carboxylic acids is 3. The number of hydrogen-bond donors (Lipinski definition) is 3. The Balaban J connectivity index is 1.20. The van der Waals surface area contributed by atoms with E-state index in [0.717, 1.165) is 21.9 Å². The molecule has 1 aromatic heterocycles. The van der Waals surface area contributed by atoms with Crippen molar-refractivity contribution in [1.29, 1.82) is 0 Å². The molecule has 1 unspecified atom stereocenters. The average molecular weight is 653 g/mol. The van der Waals surface area contributed by atoms with Gasteiger partial charge in [0.2, 0.25) is 5.91 Å². The molecule has 1 heterocycles. The van der Waals surface area contributed by atoms with E-state index in [2.05, 4.69) is 20.9 Å². The van der Waals surface area contributed by atoms with Gasteiger partial charge in [0.05, 0.1) is 18.1 Å². The quantitative estimate of drug-likeness (QED) is 0.101. The van der Waals surface area contributed by atoms with Crippen LogP contribution in [0, 0.1) is 5.82 Å². The molecule has 0 fully saturated rings. The highest BCUT2D eigenvalue weighted by Crippen LogP contribution is 2.29. The topological polar surface area (TPSA) is 109 Å². The van der Waals surface area contributed by atoms with Crippen LogP contribution in [0.1, 0.15) is 22.8 Å². The number of methoxy groups -OCH3 is 1. The van der Waals surface area contributed by atoms with Gasteiger partial charge in [-0.25, -0.2) is 9.37 Å². The second kappa shape index (κ2) is 15.2. The maximum atomic E-state index is 14.4. The molecular formula is C35H29FN4O4S2. The number of rotatable bonds is 11. The summed E-state index contributed by atoms with van der Waals surface area (Å²) in [6, 6.07) is 28.8. The van der Waals surface area contributed by atoms with Gasteiger partial charge in [-0.15, -0.1) is 23.1 Å². The van der Waals surface area contributed by atoms with Crippen molar-refractivity contribution in [3.63, 3.8) is 0 Å². The lowest BCUT2D eigenvalue weighted by atomic mass is 10.1. The van der Waals surface area contributed by atoms with Gasteiger partial charge in [0.1, 0.15) is 17.3 Å². The Morgan fingerprint density at radius 1 is 0.891 bits per heavy atom. The molecule has 11 heteroatoms. The largest absolute Gasteiger partial charge is 0.497 e. The number of thioether (sulfide) groups is 1. The maximum absolute atomic E-state index is 14.4. The van der Waals surface area contributed by atoms with E-state index in [1.165, 1.54) is 47.4 Å². The summed E-state index contributed by atoms with van der Waals surface area (Å²) in [6.45, 7) is 1.79. The lowest BCUT2D eigenvalue weighted by Crippen LogP contribution is -2.30. The summed E-state index contributed by atoms with van der Waals surface area (Å²) in [4.78, 5) is 44.3. The Bertz CT molecular complexity index is 1860. The van der Waals surface area contributed by atoms with E-state index < -0.39 is 22.9 Å². The number of thiazole rings is 1. The standard InChI is InChI=1S/C35H29FN4O4S2/c1-22(32(41)40-35-39-31(21-45-35)23-12-16-27(44-2)17-13-23)46-28-18-14-26(15-19-28)37-34(43)30(20-25-10-6-7-11-29(25)36)38-33(42)24-8-4-3-5-9-24/h3-22H,1-2H3,(H,37,43)(H,38,42)(H,39,40,41)/b30-20-. The Kier molecular flexibility index (Phi) is 10.6. The molecule has 3 N–H and O–H groups in total. The summed E-state index contributed by atoms with van der Waals surface area (Å²) in [7, 11) is 1.61. The van der Waals surface area contributed by atoms with Gasteiger partial charge in [-0.2, -0.15) is 0 Å². The molecule has 0 saturated carbocycles. The molecule has 0 bridgehead atoms. The molecular weight excluding hydrogens is 624 g/mol. The van der Waals surface area contributed by atoms with Crippen LogP contribution in [0.15, 0.2) is 119 Å². The predicted molar refractivity (Wildman–Crippen MR) is 181 cm³/mol. The first-order chi connectivity index (χ1) is 22.3. The van der Waals surface area contributed by atoms with E-state index in [1.54, 1.807) is 74.7 Å². The highest BCUT2D eigenvalue weighted by Gasteiger charge is 2.18. The monoisotopic (exact) mass is 652 g/mol. The van der Waals surface area contributed by atoms with E-state index >= 15 is 0 Å². The summed E-state index contributed by atoms with van der Waals surface area (Å²) in [5.74, 6) is -1.11. The third-order valence-corrected chi connectivity index (χ3v) is 8.52. The fourth-order valence-corrected chi connectivity index (χ4v) is 5.79. The number of amides is 3. The fourth-order valence-electron chi connectivity index (χ4n) is 4.20. The second-order valence-corrected chi connectivity index (χ2v) is 12.2. The first-order valence-corrected chi connectivity index (χ1v) is 15.9. The van der Waals surface area contributed by atoms with Crippen LogP contribution in [0.4, 0.5) is 15.2 Å². The lowest BCUT2D eigenvalue weighted by molar-refractivity contribution is -0.115. The number of nitrogens with zero attached hydrogens (tertiary/aromatic N) is 1. The van der Waals surface area contributed by atoms with E-state index in [4.69, 9.17) is 4.74 Å². The molecule has 232 valence electrons. The minimum atomic E-state index is -0.627. The number of ether oxygens (including phenoxy) is 1. The molecule has 0 aliphatic heterocycles. The number of anilines is 2. The molecule has 1 atom stereocenters. The van der Waals surface area contributed by atoms with Crippen LogP contribution in [-0.4, -0.2) is 35.1 Å². The molecule has 3 amide bonds. The smallest absolute Gasteiger partial charge is 0.272 e. The molecule has 0 aliphatic carbocycles. The van der Waals surface area contributed by atoms with Crippen molar-refractivity contribution in [2.24, 2.45) is 0 Å². The van der Waals surface area contributed by atoms with Gasteiger partial charge >= 0.3 is 0 Å². The van der Waals surface area contributed by atoms with Gasteiger partial charge in [-0.1, -0.05) is 36.4 Å². The van der Waals surface area contributed by atoms with Gasteiger partial charge in [0.15, 0.2) is 5.13 Å². The van der Waals surface area contributed by atoms with E-state index in [-0.39, 0.29) is 17.2 Å². The van der Waals surface area contributed by atoms with Gasteiger partial charge in [0.25, 0.3) is 11.8 Å². The van der Waals surface area contributed by atoms with Crippen molar-refractivity contribution >= 4 is 57.7 Å². The minimum Gasteiger partial charge on any atom is -0.497 e. The number of halogens is 1. The van der Waals surface area contributed by atoms with Gasteiger partial charge in [-0.3, -0.25) is 14.4 Å². The minimum absolute atomic E-state index is 0.125. The van der Waals surface area contributed by atoms with E-state index in [1.807, 2.05) is 29.6 Å². The van der Waals surface area contributed by atoms with Crippen LogP contribution < -0.4 is 20.7 Å². The summed E-state index contributed by atoms with van der Waals surface area (Å²) < 4.78 is 19.6. The van der Waals surface area contributed by atoms with Crippen molar-refractivity contribution in [3.8, 4) is 17.0 Å². The summed E-state index contributed by atoms with van der Waals surface area (Å²) in [6.07, 6.45) is 1.29. The number of aromatic nitrogens is 1. The maximum Gasteiger partial charge on any atom is 0.272 e. The molecule has 0 aliphatic rings. The Hall–Kier alpha value is -5.26. The van der Waals surface area contributed by atoms with E-state index in [0.29, 0.717) is 16.4 Å². The molecule has 8 nitrogen and oxygen atoms in total. The number of benzene rings is 4. The summed E-state index contributed by atoms with van der Waals surface area (Å²) in [5.41, 5.74) is 2.50. The van der Waals surface area contributed by atoms with Gasteiger partial charge < -0.3 is 20.7 Å². The van der Waals surface area contributed by atoms with Crippen LogP contribution in [0.5, 0.6) is 5.75 Å². The van der Waals surface area contributed by atoms with E-state index in [9.17, 15) is 18.8 Å².